The molecular formula is C16H26N2O. The maximum absolute atomic E-state index is 11.8. The van der Waals surface area contributed by atoms with Crippen molar-refractivity contribution in [3.63, 3.8) is 0 Å². The third-order valence-electron chi connectivity index (χ3n) is 3.42. The van der Waals surface area contributed by atoms with Gasteiger partial charge in [-0.2, -0.15) is 0 Å². The molecule has 3 heteroatoms. The van der Waals surface area contributed by atoms with E-state index in [9.17, 15) is 4.79 Å². The van der Waals surface area contributed by atoms with E-state index in [2.05, 4.69) is 43.5 Å². The Morgan fingerprint density at radius 2 is 1.89 bits per heavy atom. The summed E-state index contributed by atoms with van der Waals surface area (Å²) in [6.45, 7) is 8.75. The maximum atomic E-state index is 11.8. The monoisotopic (exact) mass is 262 g/mol. The average molecular weight is 262 g/mol. The van der Waals surface area contributed by atoms with Crippen molar-refractivity contribution in [1.82, 2.24) is 10.6 Å². The van der Waals surface area contributed by atoms with Crippen molar-refractivity contribution >= 4 is 5.91 Å². The van der Waals surface area contributed by atoms with Crippen LogP contribution >= 0.6 is 0 Å². The van der Waals surface area contributed by atoms with Crippen LogP contribution < -0.4 is 10.6 Å². The third-order valence-corrected chi connectivity index (χ3v) is 3.42. The Morgan fingerprint density at radius 3 is 2.53 bits per heavy atom. The molecule has 1 amide bonds. The molecule has 0 radical (unpaired) electrons. The fourth-order valence-corrected chi connectivity index (χ4v) is 1.96. The van der Waals surface area contributed by atoms with E-state index in [-0.39, 0.29) is 11.9 Å². The van der Waals surface area contributed by atoms with E-state index in [4.69, 9.17) is 0 Å². The van der Waals surface area contributed by atoms with Crippen LogP contribution in [-0.4, -0.2) is 24.5 Å². The fraction of sp³-hybridized carbons (Fsp3) is 0.562. The van der Waals surface area contributed by atoms with E-state index >= 15 is 0 Å². The number of hydrogen-bond donors (Lipinski definition) is 2. The van der Waals surface area contributed by atoms with Crippen molar-refractivity contribution in [1.29, 1.82) is 0 Å². The molecule has 0 bridgehead atoms. The molecule has 2 unspecified atom stereocenters. The molecule has 1 aromatic carbocycles. The Morgan fingerprint density at radius 1 is 1.21 bits per heavy atom. The first-order valence-corrected chi connectivity index (χ1v) is 7.10. The Labute approximate surface area is 116 Å². The second-order valence-electron chi connectivity index (χ2n) is 5.29. The zero-order valence-corrected chi connectivity index (χ0v) is 12.5. The van der Waals surface area contributed by atoms with E-state index in [1.54, 1.807) is 0 Å². The highest BCUT2D eigenvalue weighted by molar-refractivity contribution is 5.78. The lowest BCUT2D eigenvalue weighted by Gasteiger charge is -2.17. The van der Waals surface area contributed by atoms with Gasteiger partial charge < -0.3 is 10.6 Å². The summed E-state index contributed by atoms with van der Waals surface area (Å²) in [7, 11) is 0. The van der Waals surface area contributed by atoms with Crippen LogP contribution in [0.4, 0.5) is 0 Å². The molecular weight excluding hydrogens is 236 g/mol. The lowest BCUT2D eigenvalue weighted by Crippen LogP contribution is -2.42. The minimum atomic E-state index is 0.0707. The topological polar surface area (TPSA) is 41.1 Å². The second kappa shape index (κ2) is 7.95. The molecule has 0 aliphatic carbocycles. The van der Waals surface area contributed by atoms with Crippen molar-refractivity contribution in [2.45, 2.75) is 52.6 Å². The van der Waals surface area contributed by atoms with Gasteiger partial charge >= 0.3 is 0 Å². The molecule has 0 aliphatic heterocycles. The molecule has 0 saturated heterocycles. The van der Waals surface area contributed by atoms with E-state index < -0.39 is 0 Å². The minimum Gasteiger partial charge on any atom is -0.352 e. The van der Waals surface area contributed by atoms with Crippen LogP contribution in [0.3, 0.4) is 0 Å². The molecule has 1 rings (SSSR count). The molecule has 0 fully saturated rings. The summed E-state index contributed by atoms with van der Waals surface area (Å²) in [6, 6.07) is 8.85. The zero-order valence-electron chi connectivity index (χ0n) is 12.5. The zero-order chi connectivity index (χ0) is 14.3. The van der Waals surface area contributed by atoms with Crippen LogP contribution in [-0.2, 0) is 11.2 Å². The lowest BCUT2D eigenvalue weighted by atomic mass is 10.0. The highest BCUT2D eigenvalue weighted by Crippen LogP contribution is 2.09. The molecule has 1 aromatic rings. The molecule has 19 heavy (non-hydrogen) atoms. The molecule has 106 valence electrons. The van der Waals surface area contributed by atoms with E-state index in [0.717, 1.165) is 12.8 Å². The normalized spacial score (nSPS) is 13.9. The molecule has 0 aliphatic rings. The van der Waals surface area contributed by atoms with Gasteiger partial charge in [-0.05, 0) is 44.7 Å². The Balaban J connectivity index is 2.37. The van der Waals surface area contributed by atoms with Crippen molar-refractivity contribution < 1.29 is 4.79 Å². The molecule has 0 aromatic heterocycles. The summed E-state index contributed by atoms with van der Waals surface area (Å²) in [5, 5.41) is 6.23. The average Bonchev–Trinajstić information content (AvgIpc) is 2.38. The van der Waals surface area contributed by atoms with Crippen LogP contribution in [0.25, 0.3) is 0 Å². The van der Waals surface area contributed by atoms with Gasteiger partial charge in [0, 0.05) is 12.1 Å². The van der Waals surface area contributed by atoms with Gasteiger partial charge in [0.25, 0.3) is 0 Å². The number of carbonyl (C=O) groups is 1. The Bertz CT molecular complexity index is 403. The standard InChI is InChI=1S/C16H26N2O/c1-5-13(3)17-11-16(19)18-14(4)10-15-9-7-6-8-12(15)2/h6-9,13-14,17H,5,10-11H2,1-4H3,(H,18,19). The molecule has 3 nitrogen and oxygen atoms in total. The van der Waals surface area contributed by atoms with Crippen molar-refractivity contribution in [3.05, 3.63) is 35.4 Å². The highest BCUT2D eigenvalue weighted by atomic mass is 16.1. The fourth-order valence-electron chi connectivity index (χ4n) is 1.96. The number of amides is 1. The first kappa shape index (κ1) is 15.7. The van der Waals surface area contributed by atoms with Gasteiger partial charge in [-0.15, -0.1) is 0 Å². The van der Waals surface area contributed by atoms with E-state index in [0.29, 0.717) is 12.6 Å². The quantitative estimate of drug-likeness (QED) is 0.792. The van der Waals surface area contributed by atoms with Crippen LogP contribution in [0, 0.1) is 6.92 Å². The van der Waals surface area contributed by atoms with Gasteiger partial charge in [-0.1, -0.05) is 31.2 Å². The predicted molar refractivity (Wildman–Crippen MR) is 80.2 cm³/mol. The first-order valence-electron chi connectivity index (χ1n) is 7.10. The summed E-state index contributed by atoms with van der Waals surface area (Å²) < 4.78 is 0. The van der Waals surface area contributed by atoms with Crippen molar-refractivity contribution in [2.24, 2.45) is 0 Å². The van der Waals surface area contributed by atoms with Crippen LogP contribution in [0.5, 0.6) is 0 Å². The number of aryl methyl sites for hydroxylation is 1. The first-order chi connectivity index (χ1) is 9.02. The van der Waals surface area contributed by atoms with Gasteiger partial charge in [0.1, 0.15) is 0 Å². The summed E-state index contributed by atoms with van der Waals surface area (Å²) in [5.74, 6) is 0.0707. The number of rotatable bonds is 7. The van der Waals surface area contributed by atoms with Crippen LogP contribution in [0.15, 0.2) is 24.3 Å². The highest BCUT2D eigenvalue weighted by Gasteiger charge is 2.09. The van der Waals surface area contributed by atoms with Crippen LogP contribution in [0.2, 0.25) is 0 Å². The van der Waals surface area contributed by atoms with Gasteiger partial charge in [-0.25, -0.2) is 0 Å². The van der Waals surface area contributed by atoms with E-state index in [1.165, 1.54) is 11.1 Å². The smallest absolute Gasteiger partial charge is 0.234 e. The largest absolute Gasteiger partial charge is 0.352 e. The van der Waals surface area contributed by atoms with Gasteiger partial charge in [0.2, 0.25) is 5.91 Å². The minimum absolute atomic E-state index is 0.0707. The lowest BCUT2D eigenvalue weighted by molar-refractivity contribution is -0.120. The number of hydrogen-bond acceptors (Lipinski definition) is 2. The maximum Gasteiger partial charge on any atom is 0.234 e. The molecule has 2 atom stereocenters. The van der Waals surface area contributed by atoms with Gasteiger partial charge in [0.05, 0.1) is 6.54 Å². The van der Waals surface area contributed by atoms with Crippen molar-refractivity contribution in [2.75, 3.05) is 6.54 Å². The SMILES string of the molecule is CCC(C)NCC(=O)NC(C)Cc1ccccc1C. The van der Waals surface area contributed by atoms with Gasteiger partial charge in [0.15, 0.2) is 0 Å². The van der Waals surface area contributed by atoms with E-state index in [1.807, 2.05) is 19.1 Å². The molecule has 0 saturated carbocycles. The summed E-state index contributed by atoms with van der Waals surface area (Å²) in [4.78, 5) is 11.8. The van der Waals surface area contributed by atoms with Gasteiger partial charge in [-0.3, -0.25) is 4.79 Å². The summed E-state index contributed by atoms with van der Waals surface area (Å²) in [5.41, 5.74) is 2.58. The number of carbonyl (C=O) groups excluding carboxylic acids is 1. The number of nitrogens with one attached hydrogen (secondary N) is 2. The summed E-state index contributed by atoms with van der Waals surface area (Å²) in [6.07, 6.45) is 1.91. The molecule has 0 heterocycles. The molecule has 0 spiro atoms. The van der Waals surface area contributed by atoms with Crippen molar-refractivity contribution in [3.8, 4) is 0 Å². The number of benzene rings is 1. The molecule has 2 N–H and O–H groups in total. The third kappa shape index (κ3) is 5.88. The predicted octanol–water partition coefficient (Wildman–Crippen LogP) is 2.43. The Kier molecular flexibility index (Phi) is 6.57. The Hall–Kier alpha value is -1.35. The second-order valence-corrected chi connectivity index (χ2v) is 5.29. The summed E-state index contributed by atoms with van der Waals surface area (Å²) >= 11 is 0. The van der Waals surface area contributed by atoms with Crippen LogP contribution in [0.1, 0.15) is 38.3 Å².